The van der Waals surface area contributed by atoms with Crippen LogP contribution < -0.4 is 5.32 Å². The third-order valence-electron chi connectivity index (χ3n) is 5.32. The smallest absolute Gasteiger partial charge is 0.257 e. The predicted molar refractivity (Wildman–Crippen MR) is 117 cm³/mol. The third-order valence-corrected chi connectivity index (χ3v) is 6.64. The van der Waals surface area contributed by atoms with E-state index in [1.165, 1.54) is 23.9 Å². The Kier molecular flexibility index (Phi) is 6.20. The topological polar surface area (TPSA) is 75.4 Å². The molecule has 1 aromatic carbocycles. The third kappa shape index (κ3) is 4.74. The highest BCUT2D eigenvalue weighted by Gasteiger charge is 2.28. The van der Waals surface area contributed by atoms with E-state index in [9.17, 15) is 9.59 Å². The average Bonchev–Trinajstić information content (AvgIpc) is 3.43. The zero-order chi connectivity index (χ0) is 21.1. The molecule has 1 aliphatic heterocycles. The van der Waals surface area contributed by atoms with Crippen LogP contribution in [0, 0.1) is 12.8 Å². The van der Waals surface area contributed by atoms with Gasteiger partial charge in [-0.3, -0.25) is 9.59 Å². The molecule has 0 atom stereocenters. The summed E-state index contributed by atoms with van der Waals surface area (Å²) in [6.07, 6.45) is 6.72. The van der Waals surface area contributed by atoms with E-state index in [4.69, 9.17) is 16.0 Å². The van der Waals surface area contributed by atoms with Gasteiger partial charge in [0.2, 0.25) is 5.91 Å². The second-order valence-electron chi connectivity index (χ2n) is 7.46. The number of halogens is 1. The van der Waals surface area contributed by atoms with Crippen LogP contribution in [-0.4, -0.2) is 34.8 Å². The van der Waals surface area contributed by atoms with Gasteiger partial charge in [-0.2, -0.15) is 0 Å². The minimum absolute atomic E-state index is 0.0373. The second kappa shape index (κ2) is 9.02. The average molecular weight is 444 g/mol. The summed E-state index contributed by atoms with van der Waals surface area (Å²) in [4.78, 5) is 32.2. The summed E-state index contributed by atoms with van der Waals surface area (Å²) in [6, 6.07) is 7.68. The molecule has 1 fully saturated rings. The van der Waals surface area contributed by atoms with E-state index < -0.39 is 0 Å². The van der Waals surface area contributed by atoms with Crippen molar-refractivity contribution in [2.24, 2.45) is 5.92 Å². The van der Waals surface area contributed by atoms with Crippen LogP contribution in [0.25, 0.3) is 0 Å². The lowest BCUT2D eigenvalue weighted by Crippen LogP contribution is -2.41. The Morgan fingerprint density at radius 2 is 2.10 bits per heavy atom. The van der Waals surface area contributed by atoms with Crippen LogP contribution in [0.5, 0.6) is 0 Å². The maximum Gasteiger partial charge on any atom is 0.257 e. The summed E-state index contributed by atoms with van der Waals surface area (Å²) in [5.41, 5.74) is 2.71. The van der Waals surface area contributed by atoms with E-state index in [0.29, 0.717) is 36.6 Å². The van der Waals surface area contributed by atoms with Gasteiger partial charge in [-0.05, 0) is 43.0 Å². The molecular weight excluding hydrogens is 422 g/mol. The Bertz CT molecular complexity index is 1040. The summed E-state index contributed by atoms with van der Waals surface area (Å²) in [5, 5.41) is 4.29. The Balaban J connectivity index is 1.29. The van der Waals surface area contributed by atoms with E-state index in [2.05, 4.69) is 16.4 Å². The van der Waals surface area contributed by atoms with Crippen molar-refractivity contribution in [1.82, 2.24) is 9.88 Å². The molecule has 2 aromatic heterocycles. The van der Waals surface area contributed by atoms with Crippen LogP contribution in [0.15, 0.2) is 47.4 Å². The van der Waals surface area contributed by atoms with Crippen LogP contribution in [0.4, 0.5) is 5.13 Å². The van der Waals surface area contributed by atoms with Gasteiger partial charge < -0.3 is 14.6 Å². The van der Waals surface area contributed by atoms with Crippen molar-refractivity contribution in [3.8, 4) is 0 Å². The number of amides is 2. The molecule has 0 aliphatic carbocycles. The Morgan fingerprint density at radius 1 is 1.30 bits per heavy atom. The number of nitrogens with one attached hydrogen (secondary N) is 1. The first-order chi connectivity index (χ1) is 14.5. The first-order valence-corrected chi connectivity index (χ1v) is 11.0. The van der Waals surface area contributed by atoms with Crippen LogP contribution in [0.2, 0.25) is 5.02 Å². The SMILES string of the molecule is Cc1ccc(Cc2cnc(NC(=O)C3CCN(C(=O)c4ccoc4)CC3)s2)cc1Cl. The second-order valence-corrected chi connectivity index (χ2v) is 8.98. The lowest BCUT2D eigenvalue weighted by atomic mass is 9.95. The van der Waals surface area contributed by atoms with Gasteiger partial charge in [0.1, 0.15) is 6.26 Å². The number of aryl methyl sites for hydroxylation is 1. The lowest BCUT2D eigenvalue weighted by molar-refractivity contribution is -0.121. The van der Waals surface area contributed by atoms with Crippen LogP contribution in [-0.2, 0) is 11.2 Å². The molecule has 3 aromatic rings. The van der Waals surface area contributed by atoms with Gasteiger partial charge in [-0.1, -0.05) is 23.7 Å². The number of furan rings is 1. The fourth-order valence-electron chi connectivity index (χ4n) is 3.52. The van der Waals surface area contributed by atoms with Crippen LogP contribution in [0.3, 0.4) is 0 Å². The van der Waals surface area contributed by atoms with E-state index in [1.807, 2.05) is 19.1 Å². The van der Waals surface area contributed by atoms with Crippen molar-refractivity contribution >= 4 is 39.9 Å². The number of hydrogen-bond acceptors (Lipinski definition) is 5. The number of rotatable bonds is 5. The molecule has 0 radical (unpaired) electrons. The molecule has 3 heterocycles. The van der Waals surface area contributed by atoms with Crippen molar-refractivity contribution in [2.45, 2.75) is 26.2 Å². The number of carbonyl (C=O) groups is 2. The van der Waals surface area contributed by atoms with Gasteiger partial charge in [-0.25, -0.2) is 4.98 Å². The van der Waals surface area contributed by atoms with Gasteiger partial charge in [0.05, 0.1) is 11.8 Å². The molecule has 1 saturated heterocycles. The van der Waals surface area contributed by atoms with Crippen molar-refractivity contribution < 1.29 is 14.0 Å². The molecule has 0 unspecified atom stereocenters. The molecule has 4 rings (SSSR count). The predicted octanol–water partition coefficient (Wildman–Crippen LogP) is 4.78. The molecule has 0 bridgehead atoms. The van der Waals surface area contributed by atoms with Gasteiger partial charge >= 0.3 is 0 Å². The highest BCUT2D eigenvalue weighted by atomic mass is 35.5. The van der Waals surface area contributed by atoms with Crippen molar-refractivity contribution in [3.05, 3.63) is 69.6 Å². The monoisotopic (exact) mass is 443 g/mol. The quantitative estimate of drug-likeness (QED) is 0.615. The minimum atomic E-state index is -0.123. The number of piperidine rings is 1. The molecule has 1 N–H and O–H groups in total. The summed E-state index contributed by atoms with van der Waals surface area (Å²) < 4.78 is 4.98. The zero-order valence-electron chi connectivity index (χ0n) is 16.6. The first-order valence-electron chi connectivity index (χ1n) is 9.81. The standard InChI is InChI=1S/C22H22ClN3O3S/c1-14-2-3-15(11-19(14)23)10-18-12-24-22(30-18)25-20(27)16-4-7-26(8-5-16)21(28)17-6-9-29-13-17/h2-3,6,9,11-13,16H,4-5,7-8,10H2,1H3,(H,24,25,27). The van der Waals surface area contributed by atoms with E-state index >= 15 is 0 Å². The molecule has 6 nitrogen and oxygen atoms in total. The fraction of sp³-hybridized carbons (Fsp3) is 0.318. The highest BCUT2D eigenvalue weighted by Crippen LogP contribution is 2.26. The maximum atomic E-state index is 12.6. The number of anilines is 1. The maximum absolute atomic E-state index is 12.6. The number of carbonyl (C=O) groups excluding carboxylic acids is 2. The molecule has 8 heteroatoms. The lowest BCUT2D eigenvalue weighted by Gasteiger charge is -2.30. The highest BCUT2D eigenvalue weighted by molar-refractivity contribution is 7.15. The van der Waals surface area contributed by atoms with E-state index in [0.717, 1.165) is 27.4 Å². The van der Waals surface area contributed by atoms with E-state index in [1.54, 1.807) is 17.2 Å². The number of likely N-dealkylation sites (tertiary alicyclic amines) is 1. The minimum Gasteiger partial charge on any atom is -0.472 e. The number of hydrogen-bond donors (Lipinski definition) is 1. The Hall–Kier alpha value is -2.64. The number of aromatic nitrogens is 1. The molecule has 156 valence electrons. The molecule has 30 heavy (non-hydrogen) atoms. The normalized spacial score (nSPS) is 14.7. The Morgan fingerprint density at radius 3 is 2.80 bits per heavy atom. The molecule has 0 spiro atoms. The van der Waals surface area contributed by atoms with E-state index in [-0.39, 0.29) is 17.7 Å². The van der Waals surface area contributed by atoms with Crippen LogP contribution in [0.1, 0.15) is 39.2 Å². The fourth-order valence-corrected chi connectivity index (χ4v) is 4.57. The van der Waals surface area contributed by atoms with Gasteiger partial charge in [0, 0.05) is 41.5 Å². The molecule has 2 amide bonds. The van der Waals surface area contributed by atoms with Crippen molar-refractivity contribution in [3.63, 3.8) is 0 Å². The summed E-state index contributed by atoms with van der Waals surface area (Å²) in [5.74, 6) is -0.213. The number of benzene rings is 1. The largest absolute Gasteiger partial charge is 0.472 e. The molecular formula is C22H22ClN3O3S. The molecule has 1 aliphatic rings. The van der Waals surface area contributed by atoms with Gasteiger partial charge in [-0.15, -0.1) is 11.3 Å². The van der Waals surface area contributed by atoms with Crippen molar-refractivity contribution in [2.75, 3.05) is 18.4 Å². The summed E-state index contributed by atoms with van der Waals surface area (Å²) in [6.45, 7) is 3.09. The number of thiazole rings is 1. The summed E-state index contributed by atoms with van der Waals surface area (Å²) in [7, 11) is 0. The number of nitrogens with zero attached hydrogens (tertiary/aromatic N) is 2. The molecule has 0 saturated carbocycles. The zero-order valence-corrected chi connectivity index (χ0v) is 18.1. The van der Waals surface area contributed by atoms with Gasteiger partial charge in [0.25, 0.3) is 5.91 Å². The van der Waals surface area contributed by atoms with Crippen molar-refractivity contribution in [1.29, 1.82) is 0 Å². The Labute approximate surface area is 183 Å². The summed E-state index contributed by atoms with van der Waals surface area (Å²) >= 11 is 7.67. The first kappa shape index (κ1) is 20.6. The van der Waals surface area contributed by atoms with Crippen LogP contribution >= 0.6 is 22.9 Å². The van der Waals surface area contributed by atoms with Gasteiger partial charge in [0.15, 0.2) is 5.13 Å².